The summed E-state index contributed by atoms with van der Waals surface area (Å²) in [6.07, 6.45) is 1.07. The summed E-state index contributed by atoms with van der Waals surface area (Å²) in [4.78, 5) is 36.2. The van der Waals surface area contributed by atoms with E-state index < -0.39 is 18.0 Å². The van der Waals surface area contributed by atoms with Crippen LogP contribution in [-0.4, -0.2) is 26.8 Å². The number of hydrogen-bond acceptors (Lipinski definition) is 5. The van der Waals surface area contributed by atoms with Gasteiger partial charge in [0.05, 0.1) is 17.0 Å². The number of imidazole rings is 1. The summed E-state index contributed by atoms with van der Waals surface area (Å²) in [6, 6.07) is 11.1. The predicted molar refractivity (Wildman–Crippen MR) is 90.8 cm³/mol. The number of anilines is 1. The molecule has 0 radical (unpaired) electrons. The number of rotatable bonds is 3. The maximum atomic E-state index is 12.6. The summed E-state index contributed by atoms with van der Waals surface area (Å²) in [5, 5.41) is 2.67. The number of pyridine rings is 1. The molecule has 7 heteroatoms. The quantitative estimate of drug-likeness (QED) is 0.717. The largest absolute Gasteiger partial charge is 0.454 e. The standard InChI is InChI=1S/C18H16N4O3/c1-10(16-20-13-6-2-3-7-14(13)21-16)25-18(24)12-9-15(23)22-17-11(12)5-4-8-19-17/h2-8,10,12H,9H2,1H3,(H,20,21)(H,19,22,23). The van der Waals surface area contributed by atoms with E-state index >= 15 is 0 Å². The smallest absolute Gasteiger partial charge is 0.314 e. The molecule has 2 N–H and O–H groups in total. The number of H-pyrrole nitrogens is 1. The zero-order valence-electron chi connectivity index (χ0n) is 13.5. The maximum Gasteiger partial charge on any atom is 0.314 e. The number of aromatic nitrogens is 3. The highest BCUT2D eigenvalue weighted by molar-refractivity contribution is 5.99. The minimum absolute atomic E-state index is 0.0460. The molecule has 2 aromatic heterocycles. The highest BCUT2D eigenvalue weighted by Crippen LogP contribution is 2.32. The molecule has 0 saturated heterocycles. The van der Waals surface area contributed by atoms with Crippen molar-refractivity contribution in [2.24, 2.45) is 0 Å². The molecule has 1 aliphatic heterocycles. The minimum Gasteiger partial charge on any atom is -0.454 e. The number of carbonyl (C=O) groups excluding carboxylic acids is 2. The predicted octanol–water partition coefficient (Wildman–Crippen LogP) is 2.69. The molecule has 2 atom stereocenters. The zero-order chi connectivity index (χ0) is 17.4. The van der Waals surface area contributed by atoms with Gasteiger partial charge in [-0.2, -0.15) is 0 Å². The van der Waals surface area contributed by atoms with E-state index in [9.17, 15) is 9.59 Å². The first-order valence-electron chi connectivity index (χ1n) is 8.01. The van der Waals surface area contributed by atoms with Crippen LogP contribution in [0.2, 0.25) is 0 Å². The van der Waals surface area contributed by atoms with Gasteiger partial charge in [-0.15, -0.1) is 0 Å². The molecule has 0 bridgehead atoms. The average molecular weight is 336 g/mol. The Labute approximate surface area is 143 Å². The lowest BCUT2D eigenvalue weighted by molar-refractivity contribution is -0.152. The first kappa shape index (κ1) is 15.3. The second-order valence-corrected chi connectivity index (χ2v) is 5.96. The fraction of sp³-hybridized carbons (Fsp3) is 0.222. The lowest BCUT2D eigenvalue weighted by Crippen LogP contribution is -2.29. The number of nitrogens with zero attached hydrogens (tertiary/aromatic N) is 2. The van der Waals surface area contributed by atoms with Crippen LogP contribution in [-0.2, 0) is 14.3 Å². The number of fused-ring (bicyclic) bond motifs is 2. The fourth-order valence-corrected chi connectivity index (χ4v) is 2.97. The van der Waals surface area contributed by atoms with Crippen molar-refractivity contribution in [3.8, 4) is 0 Å². The molecule has 4 rings (SSSR count). The van der Waals surface area contributed by atoms with Gasteiger partial charge in [0.2, 0.25) is 5.91 Å². The third-order valence-electron chi connectivity index (χ3n) is 4.23. The van der Waals surface area contributed by atoms with Crippen LogP contribution in [0.1, 0.15) is 36.8 Å². The Hall–Kier alpha value is -3.22. The topological polar surface area (TPSA) is 97.0 Å². The fourth-order valence-electron chi connectivity index (χ4n) is 2.97. The molecule has 0 spiro atoms. The lowest BCUT2D eigenvalue weighted by Gasteiger charge is -2.24. The molecule has 1 aromatic carbocycles. The van der Waals surface area contributed by atoms with Gasteiger partial charge in [-0.25, -0.2) is 9.97 Å². The number of carbonyl (C=O) groups is 2. The molecule has 7 nitrogen and oxygen atoms in total. The number of amides is 1. The molecule has 126 valence electrons. The van der Waals surface area contributed by atoms with E-state index in [1.165, 1.54) is 0 Å². The second-order valence-electron chi connectivity index (χ2n) is 5.96. The number of ether oxygens (including phenoxy) is 1. The van der Waals surface area contributed by atoms with Gasteiger partial charge in [-0.05, 0) is 25.1 Å². The number of esters is 1. The first-order valence-corrected chi connectivity index (χ1v) is 8.01. The third kappa shape index (κ3) is 2.84. The molecular formula is C18H16N4O3. The SMILES string of the molecule is CC(OC(=O)C1CC(=O)Nc2ncccc21)c1nc2ccccc2[nH]1. The van der Waals surface area contributed by atoms with Crippen LogP contribution < -0.4 is 5.32 Å². The van der Waals surface area contributed by atoms with Gasteiger partial charge in [0.25, 0.3) is 0 Å². The summed E-state index contributed by atoms with van der Waals surface area (Å²) < 4.78 is 5.57. The van der Waals surface area contributed by atoms with E-state index in [0.717, 1.165) is 11.0 Å². The Morgan fingerprint density at radius 1 is 1.28 bits per heavy atom. The number of para-hydroxylation sites is 2. The molecule has 1 aliphatic rings. The van der Waals surface area contributed by atoms with Crippen LogP contribution in [0.25, 0.3) is 11.0 Å². The number of benzene rings is 1. The normalized spacial score (nSPS) is 17.6. The molecule has 0 fully saturated rings. The molecule has 2 unspecified atom stereocenters. The van der Waals surface area contributed by atoms with Crippen molar-refractivity contribution in [1.29, 1.82) is 0 Å². The number of aromatic amines is 1. The minimum atomic E-state index is -0.663. The van der Waals surface area contributed by atoms with Gasteiger partial charge in [-0.3, -0.25) is 9.59 Å². The summed E-state index contributed by atoms with van der Waals surface area (Å²) >= 11 is 0. The van der Waals surface area contributed by atoms with Crippen molar-refractivity contribution in [2.45, 2.75) is 25.4 Å². The molecule has 3 aromatic rings. The van der Waals surface area contributed by atoms with Gasteiger partial charge in [0.1, 0.15) is 11.6 Å². The molecule has 3 heterocycles. The van der Waals surface area contributed by atoms with E-state index in [1.807, 2.05) is 24.3 Å². The van der Waals surface area contributed by atoms with Gasteiger partial charge >= 0.3 is 5.97 Å². The van der Waals surface area contributed by atoms with Crippen LogP contribution in [0.3, 0.4) is 0 Å². The van der Waals surface area contributed by atoms with E-state index in [2.05, 4.69) is 20.3 Å². The highest BCUT2D eigenvalue weighted by Gasteiger charge is 2.33. The molecule has 0 aliphatic carbocycles. The van der Waals surface area contributed by atoms with Gasteiger partial charge in [-0.1, -0.05) is 18.2 Å². The van der Waals surface area contributed by atoms with Gasteiger partial charge in [0, 0.05) is 18.2 Å². The Kier molecular flexibility index (Phi) is 3.68. The third-order valence-corrected chi connectivity index (χ3v) is 4.23. The average Bonchev–Trinajstić information content (AvgIpc) is 3.05. The summed E-state index contributed by atoms with van der Waals surface area (Å²) in [5.74, 6) is -0.385. The van der Waals surface area contributed by atoms with Crippen LogP contribution in [0.15, 0.2) is 42.6 Å². The molecule has 1 amide bonds. The molecular weight excluding hydrogens is 320 g/mol. The van der Waals surface area contributed by atoms with Crippen molar-refractivity contribution in [3.63, 3.8) is 0 Å². The summed E-state index contributed by atoms with van der Waals surface area (Å²) in [6.45, 7) is 1.75. The summed E-state index contributed by atoms with van der Waals surface area (Å²) in [7, 11) is 0. The van der Waals surface area contributed by atoms with Crippen molar-refractivity contribution in [2.75, 3.05) is 5.32 Å². The van der Waals surface area contributed by atoms with E-state index in [1.54, 1.807) is 25.3 Å². The Bertz CT molecular complexity index is 933. The van der Waals surface area contributed by atoms with E-state index in [-0.39, 0.29) is 12.3 Å². The van der Waals surface area contributed by atoms with Crippen molar-refractivity contribution >= 4 is 28.7 Å². The number of hydrogen-bond donors (Lipinski definition) is 2. The van der Waals surface area contributed by atoms with Crippen LogP contribution in [0, 0.1) is 0 Å². The lowest BCUT2D eigenvalue weighted by atomic mass is 9.93. The van der Waals surface area contributed by atoms with Crippen molar-refractivity contribution < 1.29 is 14.3 Å². The van der Waals surface area contributed by atoms with Gasteiger partial charge in [0.15, 0.2) is 6.10 Å². The maximum absolute atomic E-state index is 12.6. The number of nitrogens with one attached hydrogen (secondary N) is 2. The van der Waals surface area contributed by atoms with Crippen molar-refractivity contribution in [3.05, 3.63) is 54.0 Å². The Balaban J connectivity index is 1.56. The van der Waals surface area contributed by atoms with E-state index in [0.29, 0.717) is 17.2 Å². The highest BCUT2D eigenvalue weighted by atomic mass is 16.5. The van der Waals surface area contributed by atoms with Crippen molar-refractivity contribution in [1.82, 2.24) is 15.0 Å². The Morgan fingerprint density at radius 2 is 2.12 bits per heavy atom. The van der Waals surface area contributed by atoms with Crippen LogP contribution >= 0.6 is 0 Å². The van der Waals surface area contributed by atoms with Gasteiger partial charge < -0.3 is 15.0 Å². The molecule has 0 saturated carbocycles. The second kappa shape index (κ2) is 6.01. The van der Waals surface area contributed by atoms with Crippen LogP contribution in [0.5, 0.6) is 0 Å². The van der Waals surface area contributed by atoms with Crippen LogP contribution in [0.4, 0.5) is 5.82 Å². The zero-order valence-corrected chi connectivity index (χ0v) is 13.5. The monoisotopic (exact) mass is 336 g/mol. The molecule has 25 heavy (non-hydrogen) atoms. The summed E-state index contributed by atoms with van der Waals surface area (Å²) in [5.41, 5.74) is 2.36. The van der Waals surface area contributed by atoms with E-state index in [4.69, 9.17) is 4.74 Å². The first-order chi connectivity index (χ1) is 12.1. The Morgan fingerprint density at radius 3 is 2.96 bits per heavy atom.